The second-order valence-electron chi connectivity index (χ2n) is 5.46. The normalized spacial score (nSPS) is 28.7. The molecular weight excluding hydrogens is 272 g/mol. The Balaban J connectivity index is 2.06. The van der Waals surface area contributed by atoms with E-state index in [1.165, 1.54) is 35.6 Å². The van der Waals surface area contributed by atoms with Crippen molar-refractivity contribution in [1.82, 2.24) is 0 Å². The molecule has 2 aromatic carbocycles. The van der Waals surface area contributed by atoms with Crippen LogP contribution in [0.25, 0.3) is 10.8 Å². The van der Waals surface area contributed by atoms with Crippen LogP contribution in [0.4, 0.5) is 0 Å². The van der Waals surface area contributed by atoms with Crippen LogP contribution in [-0.2, 0) is 5.41 Å². The summed E-state index contributed by atoms with van der Waals surface area (Å²) >= 11 is 3.76. The molecule has 1 aliphatic rings. The van der Waals surface area contributed by atoms with E-state index in [1.54, 1.807) is 0 Å². The van der Waals surface area contributed by atoms with E-state index in [4.69, 9.17) is 0 Å². The topological polar surface area (TPSA) is 0 Å². The molecule has 2 unspecified atom stereocenters. The molecule has 1 fully saturated rings. The van der Waals surface area contributed by atoms with Gasteiger partial charge in [0.2, 0.25) is 0 Å². The van der Waals surface area contributed by atoms with Crippen molar-refractivity contribution >= 4 is 26.7 Å². The van der Waals surface area contributed by atoms with E-state index in [0.29, 0.717) is 10.2 Å². The maximum absolute atomic E-state index is 3.76. The van der Waals surface area contributed by atoms with E-state index < -0.39 is 0 Å². The fourth-order valence-electron chi connectivity index (χ4n) is 3.00. The lowest BCUT2D eigenvalue weighted by Crippen LogP contribution is -2.17. The summed E-state index contributed by atoms with van der Waals surface area (Å²) in [5.41, 5.74) is 1.86. The van der Waals surface area contributed by atoms with E-state index in [1.807, 2.05) is 0 Å². The standard InChI is InChI=1S/C16H17Br/c1-16(9-8-15(17)11-16)14-7-6-12-4-2-3-5-13(12)10-14/h2-7,10,15H,8-9,11H2,1H3. The van der Waals surface area contributed by atoms with Crippen molar-refractivity contribution in [1.29, 1.82) is 0 Å². The first-order valence-electron chi connectivity index (χ1n) is 6.31. The lowest BCUT2D eigenvalue weighted by atomic mass is 9.80. The fourth-order valence-corrected chi connectivity index (χ4v) is 3.94. The highest BCUT2D eigenvalue weighted by Crippen LogP contribution is 2.44. The van der Waals surface area contributed by atoms with Gasteiger partial charge in [0.25, 0.3) is 0 Å². The smallest absolute Gasteiger partial charge is 0.0154 e. The summed E-state index contributed by atoms with van der Waals surface area (Å²) in [4.78, 5) is 0.693. The zero-order chi connectivity index (χ0) is 11.9. The molecule has 0 spiro atoms. The highest BCUT2D eigenvalue weighted by Gasteiger charge is 2.35. The van der Waals surface area contributed by atoms with Crippen LogP contribution in [0.15, 0.2) is 42.5 Å². The Morgan fingerprint density at radius 1 is 1.12 bits per heavy atom. The zero-order valence-electron chi connectivity index (χ0n) is 10.1. The first-order valence-corrected chi connectivity index (χ1v) is 7.22. The van der Waals surface area contributed by atoms with E-state index in [0.717, 1.165) is 0 Å². The quantitative estimate of drug-likeness (QED) is 0.645. The summed E-state index contributed by atoms with van der Waals surface area (Å²) in [7, 11) is 0. The maximum Gasteiger partial charge on any atom is 0.0154 e. The lowest BCUT2D eigenvalue weighted by molar-refractivity contribution is 0.494. The molecule has 0 aliphatic heterocycles. The van der Waals surface area contributed by atoms with Gasteiger partial charge in [-0.05, 0) is 41.0 Å². The third-order valence-corrected chi connectivity index (χ3v) is 4.91. The summed E-state index contributed by atoms with van der Waals surface area (Å²) in [6, 6.07) is 15.6. The van der Waals surface area contributed by atoms with Crippen LogP contribution in [0, 0.1) is 0 Å². The minimum absolute atomic E-state index is 0.359. The molecule has 17 heavy (non-hydrogen) atoms. The lowest BCUT2D eigenvalue weighted by Gasteiger charge is -2.24. The number of benzene rings is 2. The first-order chi connectivity index (χ1) is 8.17. The summed E-state index contributed by atoms with van der Waals surface area (Å²) in [5, 5.41) is 2.71. The summed E-state index contributed by atoms with van der Waals surface area (Å²) < 4.78 is 0. The van der Waals surface area contributed by atoms with Crippen molar-refractivity contribution in [2.45, 2.75) is 36.4 Å². The van der Waals surface area contributed by atoms with E-state index in [9.17, 15) is 0 Å². The fraction of sp³-hybridized carbons (Fsp3) is 0.375. The second-order valence-corrected chi connectivity index (χ2v) is 6.76. The Morgan fingerprint density at radius 3 is 2.59 bits per heavy atom. The van der Waals surface area contributed by atoms with E-state index in [2.05, 4.69) is 65.3 Å². The molecule has 0 aromatic heterocycles. The largest absolute Gasteiger partial charge is 0.0890 e. The highest BCUT2D eigenvalue weighted by atomic mass is 79.9. The van der Waals surface area contributed by atoms with Gasteiger partial charge in [-0.2, -0.15) is 0 Å². The molecule has 1 heteroatoms. The summed E-state index contributed by atoms with van der Waals surface area (Å²) in [6.07, 6.45) is 3.84. The molecule has 0 amide bonds. The molecule has 2 atom stereocenters. The van der Waals surface area contributed by atoms with Gasteiger partial charge in [-0.15, -0.1) is 0 Å². The third-order valence-electron chi connectivity index (χ3n) is 4.13. The van der Waals surface area contributed by atoms with Crippen molar-refractivity contribution in [3.63, 3.8) is 0 Å². The Kier molecular flexibility index (Phi) is 2.74. The van der Waals surface area contributed by atoms with Gasteiger partial charge in [0, 0.05) is 4.83 Å². The summed E-state index contributed by atoms with van der Waals surface area (Å²) in [5.74, 6) is 0. The molecule has 88 valence electrons. The molecule has 1 saturated carbocycles. The Labute approximate surface area is 111 Å². The first kappa shape index (κ1) is 11.3. The van der Waals surface area contributed by atoms with Gasteiger partial charge in [0.15, 0.2) is 0 Å². The van der Waals surface area contributed by atoms with Gasteiger partial charge in [-0.25, -0.2) is 0 Å². The zero-order valence-corrected chi connectivity index (χ0v) is 11.7. The predicted octanol–water partition coefficient (Wildman–Crippen LogP) is 5.04. The van der Waals surface area contributed by atoms with Crippen LogP contribution >= 0.6 is 15.9 Å². The van der Waals surface area contributed by atoms with Crippen molar-refractivity contribution in [2.24, 2.45) is 0 Å². The van der Waals surface area contributed by atoms with Crippen LogP contribution in [0.5, 0.6) is 0 Å². The third kappa shape index (κ3) is 2.01. The van der Waals surface area contributed by atoms with Crippen LogP contribution in [0.3, 0.4) is 0 Å². The van der Waals surface area contributed by atoms with Crippen LogP contribution in [0.1, 0.15) is 31.7 Å². The number of halogens is 1. The van der Waals surface area contributed by atoms with Gasteiger partial charge in [0.1, 0.15) is 0 Å². The molecular formula is C16H17Br. The molecule has 2 aromatic rings. The molecule has 3 rings (SSSR count). The number of hydrogen-bond donors (Lipinski definition) is 0. The number of rotatable bonds is 1. The minimum Gasteiger partial charge on any atom is -0.0890 e. The average molecular weight is 289 g/mol. The van der Waals surface area contributed by atoms with E-state index >= 15 is 0 Å². The van der Waals surface area contributed by atoms with Crippen molar-refractivity contribution in [2.75, 3.05) is 0 Å². The Morgan fingerprint density at radius 2 is 1.88 bits per heavy atom. The van der Waals surface area contributed by atoms with Gasteiger partial charge in [0.05, 0.1) is 0 Å². The number of fused-ring (bicyclic) bond motifs is 1. The van der Waals surface area contributed by atoms with Crippen molar-refractivity contribution in [3.05, 3.63) is 48.0 Å². The van der Waals surface area contributed by atoms with Gasteiger partial charge in [-0.3, -0.25) is 0 Å². The van der Waals surface area contributed by atoms with Crippen LogP contribution < -0.4 is 0 Å². The minimum atomic E-state index is 0.359. The predicted molar refractivity (Wildman–Crippen MR) is 77.9 cm³/mol. The van der Waals surface area contributed by atoms with Crippen molar-refractivity contribution < 1.29 is 0 Å². The maximum atomic E-state index is 3.76. The molecule has 0 radical (unpaired) electrons. The van der Waals surface area contributed by atoms with Gasteiger partial charge < -0.3 is 0 Å². The highest BCUT2D eigenvalue weighted by molar-refractivity contribution is 9.09. The Hall–Kier alpha value is -0.820. The molecule has 0 saturated heterocycles. The molecule has 0 N–H and O–H groups in total. The summed E-state index contributed by atoms with van der Waals surface area (Å²) in [6.45, 7) is 2.40. The average Bonchev–Trinajstić information content (AvgIpc) is 2.70. The monoisotopic (exact) mass is 288 g/mol. The second kappa shape index (κ2) is 4.13. The molecule has 0 heterocycles. The van der Waals surface area contributed by atoms with Gasteiger partial charge in [-0.1, -0.05) is 65.3 Å². The van der Waals surface area contributed by atoms with Crippen LogP contribution in [0.2, 0.25) is 0 Å². The van der Waals surface area contributed by atoms with E-state index in [-0.39, 0.29) is 0 Å². The van der Waals surface area contributed by atoms with Crippen molar-refractivity contribution in [3.8, 4) is 0 Å². The number of alkyl halides is 1. The number of hydrogen-bond acceptors (Lipinski definition) is 0. The Bertz CT molecular complexity index is 546. The SMILES string of the molecule is CC1(c2ccc3ccccc3c2)CCC(Br)C1. The van der Waals surface area contributed by atoms with Crippen LogP contribution in [-0.4, -0.2) is 4.83 Å². The molecule has 0 nitrogen and oxygen atoms in total. The molecule has 0 bridgehead atoms. The molecule has 1 aliphatic carbocycles. The van der Waals surface area contributed by atoms with Gasteiger partial charge >= 0.3 is 0 Å².